The van der Waals surface area contributed by atoms with E-state index in [1.807, 2.05) is 0 Å². The van der Waals surface area contributed by atoms with Crippen LogP contribution in [0.1, 0.15) is 36.8 Å². The minimum Gasteiger partial charge on any atom is -0.338 e. The second kappa shape index (κ2) is 11.0. The summed E-state index contributed by atoms with van der Waals surface area (Å²) in [6.07, 6.45) is 30.5. The second-order valence-corrected chi connectivity index (χ2v) is 13.5. The van der Waals surface area contributed by atoms with Crippen LogP contribution in [0.5, 0.6) is 0 Å². The maximum Gasteiger partial charge on any atom is 0.0622 e. The topological polar surface area (TPSA) is 7.65 Å². The Bertz CT molecular complexity index is 2520. The van der Waals surface area contributed by atoms with E-state index in [1.54, 1.807) is 0 Å². The van der Waals surface area contributed by atoms with Crippen molar-refractivity contribution in [3.8, 4) is 0 Å². The number of para-hydroxylation sites is 3. The predicted molar refractivity (Wildman–Crippen MR) is 204 cm³/mol. The van der Waals surface area contributed by atoms with E-state index in [9.17, 15) is 0 Å². The molecule has 0 spiro atoms. The summed E-state index contributed by atoms with van der Waals surface area (Å²) < 4.78 is 2.57. The number of allylic oxidation sites excluding steroid dienone is 13. The van der Waals surface area contributed by atoms with Gasteiger partial charge in [-0.2, -0.15) is 0 Å². The van der Waals surface area contributed by atoms with Crippen molar-refractivity contribution in [2.45, 2.75) is 38.1 Å². The van der Waals surface area contributed by atoms with Crippen molar-refractivity contribution in [2.24, 2.45) is 0 Å². The number of fused-ring (bicyclic) bond motifs is 9. The van der Waals surface area contributed by atoms with E-state index in [0.717, 1.165) is 32.1 Å². The molecule has 6 aromatic rings. The van der Waals surface area contributed by atoms with E-state index >= 15 is 0 Å². The molecule has 10 rings (SSSR count). The Morgan fingerprint density at radius 1 is 0.667 bits per heavy atom. The highest BCUT2D eigenvalue weighted by molar-refractivity contribution is 6.24. The summed E-state index contributed by atoms with van der Waals surface area (Å²) in [5.74, 6) is 0. The van der Waals surface area contributed by atoms with E-state index in [4.69, 9.17) is 0 Å². The third-order valence-corrected chi connectivity index (χ3v) is 10.8. The highest BCUT2D eigenvalue weighted by Gasteiger charge is 2.28. The summed E-state index contributed by atoms with van der Waals surface area (Å²) in [7, 11) is 0. The number of hydrogen-bond donors (Lipinski definition) is 0. The zero-order chi connectivity index (χ0) is 31.6. The van der Waals surface area contributed by atoms with E-state index in [2.05, 4.69) is 161 Å². The molecule has 230 valence electrons. The number of hydrogen-bond acceptors (Lipinski definition) is 1. The SMILES string of the molecule is C1=CC=C(C2=CCC(N(C3=CC4=C(C=CC3)CCc3ccc5c6cccc7c8ccccc8n(c5c34)c76)c3ccccc3)C=C2)CC=C1. The van der Waals surface area contributed by atoms with Crippen molar-refractivity contribution in [3.63, 3.8) is 0 Å². The number of aryl methyl sites for hydroxylation is 1. The molecule has 2 heterocycles. The van der Waals surface area contributed by atoms with Crippen LogP contribution >= 0.6 is 0 Å². The summed E-state index contributed by atoms with van der Waals surface area (Å²) >= 11 is 0. The fraction of sp³-hybridized carbons (Fsp3) is 0.130. The molecule has 1 unspecified atom stereocenters. The number of benzene rings is 4. The third-order valence-electron chi connectivity index (χ3n) is 10.8. The zero-order valence-electron chi connectivity index (χ0n) is 26.9. The standard InChI is InChI=1S/C46H36N2/c1-2-5-13-31(12-4-1)32-24-27-36(28-25-32)47(35-15-6-3-7-16-35)37-17-10-14-33-22-23-34-26-29-41-40-20-11-19-39-38-18-8-9-21-43(38)48(45(39)40)46(41)44(34)42(33)30-37/h1-12,14-16,18-21,24-27,29-30,36H,13,17,22-23,28H2. The van der Waals surface area contributed by atoms with Crippen LogP contribution in [0.3, 0.4) is 0 Å². The Morgan fingerprint density at radius 2 is 1.50 bits per heavy atom. The predicted octanol–water partition coefficient (Wildman–Crippen LogP) is 11.6. The van der Waals surface area contributed by atoms with E-state index < -0.39 is 0 Å². The lowest BCUT2D eigenvalue weighted by Crippen LogP contribution is -2.34. The average Bonchev–Trinajstić information content (AvgIpc) is 3.37. The minimum absolute atomic E-state index is 0.234. The molecule has 0 saturated carbocycles. The normalized spacial score (nSPS) is 19.0. The largest absolute Gasteiger partial charge is 0.338 e. The van der Waals surface area contributed by atoms with Crippen LogP contribution in [-0.2, 0) is 6.42 Å². The lowest BCUT2D eigenvalue weighted by atomic mass is 9.84. The second-order valence-electron chi connectivity index (χ2n) is 13.5. The molecule has 0 fully saturated rings. The highest BCUT2D eigenvalue weighted by Crippen LogP contribution is 2.46. The van der Waals surface area contributed by atoms with Crippen molar-refractivity contribution < 1.29 is 0 Å². The maximum atomic E-state index is 2.60. The molecule has 0 amide bonds. The van der Waals surface area contributed by atoms with Gasteiger partial charge in [0, 0.05) is 44.9 Å². The summed E-state index contributed by atoms with van der Waals surface area (Å²) in [6.45, 7) is 0. The van der Waals surface area contributed by atoms with Crippen molar-refractivity contribution >= 4 is 49.4 Å². The van der Waals surface area contributed by atoms with Gasteiger partial charge in [-0.25, -0.2) is 0 Å². The Morgan fingerprint density at radius 3 is 2.40 bits per heavy atom. The van der Waals surface area contributed by atoms with Gasteiger partial charge in [0.1, 0.15) is 0 Å². The van der Waals surface area contributed by atoms with Gasteiger partial charge < -0.3 is 9.30 Å². The number of anilines is 1. The summed E-state index contributed by atoms with van der Waals surface area (Å²) in [6, 6.07) is 31.8. The van der Waals surface area contributed by atoms with Crippen molar-refractivity contribution in [3.05, 3.63) is 185 Å². The third kappa shape index (κ3) is 4.19. The molecule has 4 aliphatic rings. The smallest absolute Gasteiger partial charge is 0.0622 e. The van der Waals surface area contributed by atoms with Crippen LogP contribution in [0, 0.1) is 0 Å². The zero-order valence-corrected chi connectivity index (χ0v) is 26.9. The van der Waals surface area contributed by atoms with Crippen LogP contribution < -0.4 is 4.90 Å². The summed E-state index contributed by atoms with van der Waals surface area (Å²) in [5.41, 5.74) is 15.0. The Hall–Kier alpha value is -5.60. The van der Waals surface area contributed by atoms with E-state index in [1.165, 1.54) is 82.9 Å². The molecule has 0 N–H and O–H groups in total. The molecule has 0 saturated heterocycles. The molecule has 2 heteroatoms. The first-order valence-corrected chi connectivity index (χ1v) is 17.4. The van der Waals surface area contributed by atoms with Crippen molar-refractivity contribution in [1.82, 2.24) is 4.40 Å². The van der Waals surface area contributed by atoms with Gasteiger partial charge in [-0.15, -0.1) is 0 Å². The molecular formula is C46H36N2. The summed E-state index contributed by atoms with van der Waals surface area (Å²) in [4.78, 5) is 2.60. The van der Waals surface area contributed by atoms with Gasteiger partial charge in [-0.3, -0.25) is 0 Å². The number of nitrogens with zero attached hydrogens (tertiary/aromatic N) is 2. The number of rotatable bonds is 4. The fourth-order valence-corrected chi connectivity index (χ4v) is 8.67. The van der Waals surface area contributed by atoms with Crippen molar-refractivity contribution in [1.29, 1.82) is 0 Å². The van der Waals surface area contributed by atoms with Gasteiger partial charge in [-0.05, 0) is 77.8 Å². The molecule has 0 aliphatic heterocycles. The van der Waals surface area contributed by atoms with Crippen LogP contribution in [0.2, 0.25) is 0 Å². The summed E-state index contributed by atoms with van der Waals surface area (Å²) in [5, 5.41) is 5.37. The lowest BCUT2D eigenvalue weighted by molar-refractivity contribution is 0.738. The molecular weight excluding hydrogens is 581 g/mol. The maximum absolute atomic E-state index is 2.60. The molecule has 2 aromatic heterocycles. The molecule has 2 nitrogen and oxygen atoms in total. The minimum atomic E-state index is 0.234. The van der Waals surface area contributed by atoms with Crippen molar-refractivity contribution in [2.75, 3.05) is 4.90 Å². The quantitative estimate of drug-likeness (QED) is 0.191. The highest BCUT2D eigenvalue weighted by atomic mass is 15.2. The monoisotopic (exact) mass is 616 g/mol. The number of aromatic nitrogens is 1. The molecule has 4 aliphatic carbocycles. The molecule has 4 aromatic carbocycles. The van der Waals surface area contributed by atoms with Crippen LogP contribution in [0.4, 0.5) is 5.69 Å². The fourth-order valence-electron chi connectivity index (χ4n) is 8.67. The lowest BCUT2D eigenvalue weighted by Gasteiger charge is -2.35. The Kier molecular flexibility index (Phi) is 6.30. The van der Waals surface area contributed by atoms with Crippen LogP contribution in [0.25, 0.3) is 43.7 Å². The van der Waals surface area contributed by atoms with Crippen LogP contribution in [0.15, 0.2) is 174 Å². The first kappa shape index (κ1) is 27.5. The van der Waals surface area contributed by atoms with E-state index in [-0.39, 0.29) is 6.04 Å². The average molecular weight is 617 g/mol. The molecule has 0 radical (unpaired) electrons. The van der Waals surface area contributed by atoms with Crippen LogP contribution in [-0.4, -0.2) is 10.4 Å². The van der Waals surface area contributed by atoms with E-state index in [0.29, 0.717) is 0 Å². The van der Waals surface area contributed by atoms with Gasteiger partial charge in [-0.1, -0.05) is 127 Å². The first-order valence-electron chi connectivity index (χ1n) is 17.4. The molecule has 1 atom stereocenters. The Balaban J connectivity index is 1.15. The molecule has 48 heavy (non-hydrogen) atoms. The van der Waals surface area contributed by atoms with Gasteiger partial charge in [0.15, 0.2) is 0 Å². The van der Waals surface area contributed by atoms with Gasteiger partial charge in [0.25, 0.3) is 0 Å². The Labute approximate surface area is 281 Å². The van der Waals surface area contributed by atoms with Gasteiger partial charge in [0.05, 0.1) is 22.6 Å². The first-order chi connectivity index (χ1) is 23.8. The molecule has 0 bridgehead atoms. The van der Waals surface area contributed by atoms with Gasteiger partial charge in [0.2, 0.25) is 0 Å². The van der Waals surface area contributed by atoms with Gasteiger partial charge >= 0.3 is 0 Å².